The molecule has 0 aromatic heterocycles. The van der Waals surface area contributed by atoms with Crippen LogP contribution in [0.4, 0.5) is 13.2 Å². The maximum Gasteiger partial charge on any atom is 0.416 e. The standard InChI is InChI=1S/C20H13F3N2O2S2/c1-13-4-2-3-5-16(13)17(12-24)18-10-11-19(28-18)25-29(26,27)15-8-6-14(7-9-15)20(21,22)23/h2-11H,1H3/b18-17+,25-19?. The molecule has 0 aliphatic carbocycles. The first-order chi connectivity index (χ1) is 13.6. The number of rotatable bonds is 3. The van der Waals surface area contributed by atoms with Crippen molar-refractivity contribution >= 4 is 32.4 Å². The Labute approximate surface area is 170 Å². The van der Waals surface area contributed by atoms with Gasteiger partial charge in [0.05, 0.1) is 16.0 Å². The fraction of sp³-hybridized carbons (Fsp3) is 0.100. The Morgan fingerprint density at radius 2 is 1.72 bits per heavy atom. The first kappa shape index (κ1) is 20.9. The molecule has 0 unspecified atom stereocenters. The molecule has 2 aromatic carbocycles. The molecule has 0 saturated heterocycles. The van der Waals surface area contributed by atoms with E-state index in [1.807, 2.05) is 19.1 Å². The predicted molar refractivity (Wildman–Crippen MR) is 107 cm³/mol. The van der Waals surface area contributed by atoms with E-state index in [1.54, 1.807) is 18.2 Å². The second-order valence-electron chi connectivity index (χ2n) is 6.03. The van der Waals surface area contributed by atoms with Gasteiger partial charge in [0.25, 0.3) is 10.0 Å². The van der Waals surface area contributed by atoms with Crippen LogP contribution in [0.2, 0.25) is 0 Å². The number of thioether (sulfide) groups is 1. The lowest BCUT2D eigenvalue weighted by Gasteiger charge is -2.07. The summed E-state index contributed by atoms with van der Waals surface area (Å²) in [6.07, 6.45) is -1.50. The molecule has 0 N–H and O–H groups in total. The van der Waals surface area contributed by atoms with Gasteiger partial charge in [-0.25, -0.2) is 0 Å². The third kappa shape index (κ3) is 4.60. The Hall–Kier alpha value is -2.83. The summed E-state index contributed by atoms with van der Waals surface area (Å²) in [5, 5.41) is 9.67. The zero-order valence-corrected chi connectivity index (χ0v) is 16.6. The predicted octanol–water partition coefficient (Wildman–Crippen LogP) is 5.34. The van der Waals surface area contributed by atoms with E-state index < -0.39 is 21.8 Å². The summed E-state index contributed by atoms with van der Waals surface area (Å²) in [5.74, 6) is 0. The van der Waals surface area contributed by atoms with Crippen LogP contribution in [0.1, 0.15) is 16.7 Å². The number of halogens is 3. The van der Waals surface area contributed by atoms with Crippen LogP contribution < -0.4 is 0 Å². The Kier molecular flexibility index (Phi) is 5.68. The average molecular weight is 434 g/mol. The van der Waals surface area contributed by atoms with Crippen molar-refractivity contribution in [1.82, 2.24) is 0 Å². The molecule has 4 nitrogen and oxygen atoms in total. The quantitative estimate of drug-likeness (QED) is 0.612. The summed E-state index contributed by atoms with van der Waals surface area (Å²) in [6, 6.07) is 12.6. The van der Waals surface area contributed by atoms with Crippen molar-refractivity contribution in [1.29, 1.82) is 5.26 Å². The van der Waals surface area contributed by atoms with Crippen molar-refractivity contribution in [3.8, 4) is 6.07 Å². The molecule has 0 atom stereocenters. The molecular formula is C20H13F3N2O2S2. The van der Waals surface area contributed by atoms with Crippen molar-refractivity contribution in [3.05, 3.63) is 82.3 Å². The molecule has 2 aromatic rings. The number of alkyl halides is 3. The molecule has 1 aliphatic rings. The first-order valence-electron chi connectivity index (χ1n) is 8.20. The van der Waals surface area contributed by atoms with Crippen molar-refractivity contribution in [2.75, 3.05) is 0 Å². The van der Waals surface area contributed by atoms with Crippen LogP contribution in [0.15, 0.2) is 74.9 Å². The number of nitrogens with zero attached hydrogens (tertiary/aromatic N) is 2. The number of nitriles is 1. The van der Waals surface area contributed by atoms with E-state index >= 15 is 0 Å². The van der Waals surface area contributed by atoms with Gasteiger partial charge in [0, 0.05) is 4.91 Å². The van der Waals surface area contributed by atoms with E-state index in [-0.39, 0.29) is 9.94 Å². The molecule has 1 aliphatic heterocycles. The highest BCUT2D eigenvalue weighted by molar-refractivity contribution is 8.18. The molecule has 0 radical (unpaired) electrons. The molecule has 9 heteroatoms. The van der Waals surface area contributed by atoms with Crippen molar-refractivity contribution in [2.45, 2.75) is 18.0 Å². The highest BCUT2D eigenvalue weighted by Crippen LogP contribution is 2.36. The fourth-order valence-corrected chi connectivity index (χ4v) is 4.68. The summed E-state index contributed by atoms with van der Waals surface area (Å²) in [5.41, 5.74) is 1.07. The fourth-order valence-electron chi connectivity index (χ4n) is 2.60. The zero-order valence-electron chi connectivity index (χ0n) is 14.9. The van der Waals surface area contributed by atoms with E-state index in [0.29, 0.717) is 22.6 Å². The summed E-state index contributed by atoms with van der Waals surface area (Å²) in [7, 11) is -4.19. The number of hydrogen-bond donors (Lipinski definition) is 0. The summed E-state index contributed by atoms with van der Waals surface area (Å²) >= 11 is 1.01. The van der Waals surface area contributed by atoms with Gasteiger partial charge in [-0.1, -0.05) is 36.0 Å². The normalized spacial score (nSPS) is 17.4. The van der Waals surface area contributed by atoms with Crippen molar-refractivity contribution in [2.24, 2.45) is 4.40 Å². The summed E-state index contributed by atoms with van der Waals surface area (Å²) in [4.78, 5) is 0.201. The summed E-state index contributed by atoms with van der Waals surface area (Å²) in [6.45, 7) is 1.86. The Bertz CT molecular complexity index is 1190. The molecule has 0 bridgehead atoms. The minimum absolute atomic E-state index is 0.126. The van der Waals surface area contributed by atoms with E-state index in [4.69, 9.17) is 0 Å². The average Bonchev–Trinajstić information content (AvgIpc) is 3.11. The maximum atomic E-state index is 12.6. The molecule has 0 saturated carbocycles. The lowest BCUT2D eigenvalue weighted by molar-refractivity contribution is -0.137. The van der Waals surface area contributed by atoms with E-state index in [0.717, 1.165) is 35.0 Å². The van der Waals surface area contributed by atoms with E-state index in [9.17, 15) is 26.9 Å². The molecule has 1 heterocycles. The van der Waals surface area contributed by atoms with Gasteiger partial charge in [0.2, 0.25) is 0 Å². The molecular weight excluding hydrogens is 421 g/mol. The SMILES string of the molecule is Cc1ccccc1/C(C#N)=C1\C=CC(=NS(=O)(=O)c2ccc(C(F)(F)F)cc2)S1. The molecule has 0 amide bonds. The topological polar surface area (TPSA) is 70.3 Å². The number of benzene rings is 2. The minimum atomic E-state index is -4.55. The maximum absolute atomic E-state index is 12.6. The van der Waals surface area contributed by atoms with E-state index in [1.165, 1.54) is 6.08 Å². The van der Waals surface area contributed by atoms with Gasteiger partial charge in [-0.2, -0.15) is 31.2 Å². The van der Waals surface area contributed by atoms with Crippen molar-refractivity contribution in [3.63, 3.8) is 0 Å². The largest absolute Gasteiger partial charge is 0.416 e. The Balaban J connectivity index is 1.90. The molecule has 148 valence electrons. The van der Waals surface area contributed by atoms with Gasteiger partial charge in [0.15, 0.2) is 0 Å². The van der Waals surface area contributed by atoms with Crippen LogP contribution in [-0.4, -0.2) is 13.5 Å². The Morgan fingerprint density at radius 1 is 1.07 bits per heavy atom. The van der Waals surface area contributed by atoms with Gasteiger partial charge in [-0.3, -0.25) is 0 Å². The number of hydrogen-bond acceptors (Lipinski definition) is 4. The minimum Gasteiger partial charge on any atom is -0.199 e. The first-order valence-corrected chi connectivity index (χ1v) is 10.5. The van der Waals surface area contributed by atoms with Crippen LogP contribution in [0.25, 0.3) is 5.57 Å². The second-order valence-corrected chi connectivity index (χ2v) is 8.69. The highest BCUT2D eigenvalue weighted by atomic mass is 32.2. The molecule has 3 rings (SSSR count). The molecule has 0 fully saturated rings. The number of sulfonamides is 1. The van der Waals surface area contributed by atoms with Gasteiger partial charge < -0.3 is 0 Å². The van der Waals surface area contributed by atoms with Crippen LogP contribution in [-0.2, 0) is 16.2 Å². The third-order valence-electron chi connectivity index (χ3n) is 4.05. The van der Waals surface area contributed by atoms with Crippen molar-refractivity contribution < 1.29 is 21.6 Å². The lowest BCUT2D eigenvalue weighted by atomic mass is 10.0. The van der Waals surface area contributed by atoms with Crippen LogP contribution in [0, 0.1) is 18.3 Å². The lowest BCUT2D eigenvalue weighted by Crippen LogP contribution is -2.06. The van der Waals surface area contributed by atoms with Crippen LogP contribution in [0.5, 0.6) is 0 Å². The summed E-state index contributed by atoms with van der Waals surface area (Å²) < 4.78 is 66.5. The zero-order chi connectivity index (χ0) is 21.2. The molecule has 0 spiro atoms. The van der Waals surface area contributed by atoms with Gasteiger partial charge in [0.1, 0.15) is 11.1 Å². The number of allylic oxidation sites excluding steroid dienone is 2. The second kappa shape index (κ2) is 7.89. The number of aryl methyl sites for hydroxylation is 1. The Morgan fingerprint density at radius 3 is 2.31 bits per heavy atom. The van der Waals surface area contributed by atoms with Gasteiger partial charge in [-0.15, -0.1) is 0 Å². The van der Waals surface area contributed by atoms with Gasteiger partial charge >= 0.3 is 6.18 Å². The smallest absolute Gasteiger partial charge is 0.199 e. The monoisotopic (exact) mass is 434 g/mol. The van der Waals surface area contributed by atoms with Crippen LogP contribution >= 0.6 is 11.8 Å². The third-order valence-corrected chi connectivity index (χ3v) is 6.47. The molecule has 29 heavy (non-hydrogen) atoms. The van der Waals surface area contributed by atoms with Crippen LogP contribution in [0.3, 0.4) is 0 Å². The van der Waals surface area contributed by atoms with E-state index in [2.05, 4.69) is 10.5 Å². The highest BCUT2D eigenvalue weighted by Gasteiger charge is 2.30. The van der Waals surface area contributed by atoms with Gasteiger partial charge in [-0.05, 0) is 54.5 Å².